The molecule has 0 aliphatic heterocycles. The highest BCUT2D eigenvalue weighted by atomic mass is 19.3. The van der Waals surface area contributed by atoms with Gasteiger partial charge in [-0.1, -0.05) is 48.5 Å². The predicted octanol–water partition coefficient (Wildman–Crippen LogP) is 7.68. The van der Waals surface area contributed by atoms with Crippen molar-refractivity contribution in [1.82, 2.24) is 4.98 Å². The van der Waals surface area contributed by atoms with E-state index in [1.165, 1.54) is 33.4 Å². The molecule has 0 amide bonds. The van der Waals surface area contributed by atoms with Crippen molar-refractivity contribution >= 4 is 10.8 Å². The summed E-state index contributed by atoms with van der Waals surface area (Å²) >= 11 is 0. The lowest BCUT2D eigenvalue weighted by atomic mass is 9.91. The largest absolute Gasteiger partial charge is 0.256 e. The molecule has 0 spiro atoms. The number of benzene rings is 3. The normalized spacial score (nSPS) is 18.9. The molecule has 1 atom stereocenters. The average Bonchev–Trinajstić information content (AvgIpc) is 3.32. The Bertz CT molecular complexity index is 1340. The molecule has 2 aliphatic rings. The van der Waals surface area contributed by atoms with E-state index < -0.39 is 5.92 Å². The minimum Gasteiger partial charge on any atom is -0.256 e. The fourth-order valence-electron chi connectivity index (χ4n) is 5.49. The Morgan fingerprint density at radius 2 is 1.77 bits per heavy atom. The molecule has 0 N–H and O–H groups in total. The number of hydrogen-bond acceptors (Lipinski definition) is 1. The van der Waals surface area contributed by atoms with Crippen LogP contribution < -0.4 is 0 Å². The third-order valence-corrected chi connectivity index (χ3v) is 6.99. The highest BCUT2D eigenvalue weighted by molar-refractivity contribution is 5.97. The van der Waals surface area contributed by atoms with Crippen molar-refractivity contribution in [3.8, 4) is 22.4 Å². The zero-order valence-corrected chi connectivity index (χ0v) is 17.5. The van der Waals surface area contributed by atoms with Gasteiger partial charge in [-0.15, -0.1) is 0 Å². The van der Waals surface area contributed by atoms with E-state index in [9.17, 15) is 8.78 Å². The lowest BCUT2D eigenvalue weighted by Crippen LogP contribution is -2.09. The molecule has 6 rings (SSSR count). The van der Waals surface area contributed by atoms with Gasteiger partial charge in [0, 0.05) is 30.0 Å². The summed E-state index contributed by atoms with van der Waals surface area (Å²) in [5.41, 5.74) is 9.69. The summed E-state index contributed by atoms with van der Waals surface area (Å²) in [5, 5.41) is 2.16. The topological polar surface area (TPSA) is 12.9 Å². The minimum atomic E-state index is -2.53. The summed E-state index contributed by atoms with van der Waals surface area (Å²) in [6, 6.07) is 21.3. The van der Waals surface area contributed by atoms with Gasteiger partial charge in [-0.3, -0.25) is 4.98 Å². The van der Waals surface area contributed by atoms with Crippen molar-refractivity contribution in [3.63, 3.8) is 0 Å². The second kappa shape index (κ2) is 6.71. The summed E-state index contributed by atoms with van der Waals surface area (Å²) in [6.07, 6.45) is 3.27. The van der Waals surface area contributed by atoms with Crippen LogP contribution in [-0.2, 0) is 6.42 Å². The van der Waals surface area contributed by atoms with E-state index >= 15 is 0 Å². The molecular weight excluding hydrogens is 388 g/mol. The number of rotatable bonds is 2. The Hall–Kier alpha value is -3.07. The fraction of sp³-hybridized carbons (Fsp3) is 0.250. The maximum Gasteiger partial charge on any atom is 0.248 e. The Labute approximate surface area is 180 Å². The monoisotopic (exact) mass is 411 g/mol. The molecule has 2 aliphatic carbocycles. The SMILES string of the molecule is Cc1cc2c(c(-c3nccc4cc(C5CCC(F)(F)C5)ccc34)c1)Cc1ccccc1-2. The van der Waals surface area contributed by atoms with Gasteiger partial charge >= 0.3 is 0 Å². The molecule has 0 radical (unpaired) electrons. The van der Waals surface area contributed by atoms with Crippen molar-refractivity contribution in [2.75, 3.05) is 0 Å². The number of aromatic nitrogens is 1. The van der Waals surface area contributed by atoms with Crippen molar-refractivity contribution < 1.29 is 8.78 Å². The van der Waals surface area contributed by atoms with Gasteiger partial charge in [-0.05, 0) is 76.6 Å². The third kappa shape index (κ3) is 3.06. The molecule has 154 valence electrons. The lowest BCUT2D eigenvalue weighted by molar-refractivity contribution is 0.00777. The first kappa shape index (κ1) is 18.7. The Morgan fingerprint density at radius 3 is 2.61 bits per heavy atom. The first-order valence-corrected chi connectivity index (χ1v) is 11.0. The molecular formula is C28H23F2N. The predicted molar refractivity (Wildman–Crippen MR) is 122 cm³/mol. The van der Waals surface area contributed by atoms with Gasteiger partial charge in [0.15, 0.2) is 0 Å². The molecule has 31 heavy (non-hydrogen) atoms. The number of alkyl halides is 2. The molecule has 1 unspecified atom stereocenters. The summed E-state index contributed by atoms with van der Waals surface area (Å²) < 4.78 is 27.5. The molecule has 4 aromatic rings. The van der Waals surface area contributed by atoms with Gasteiger partial charge < -0.3 is 0 Å². The molecule has 1 nitrogen and oxygen atoms in total. The van der Waals surface area contributed by atoms with Gasteiger partial charge in [0.1, 0.15) is 0 Å². The molecule has 1 aromatic heterocycles. The van der Waals surface area contributed by atoms with E-state index in [4.69, 9.17) is 4.98 Å². The molecule has 0 bridgehead atoms. The molecule has 1 saturated carbocycles. The number of fused-ring (bicyclic) bond motifs is 4. The zero-order valence-electron chi connectivity index (χ0n) is 17.5. The molecule has 3 heteroatoms. The van der Waals surface area contributed by atoms with E-state index in [0.29, 0.717) is 6.42 Å². The van der Waals surface area contributed by atoms with Crippen LogP contribution in [0.3, 0.4) is 0 Å². The first-order chi connectivity index (χ1) is 15.0. The highest BCUT2D eigenvalue weighted by Gasteiger charge is 2.40. The molecule has 0 saturated heterocycles. The highest BCUT2D eigenvalue weighted by Crippen LogP contribution is 2.46. The van der Waals surface area contributed by atoms with Crippen LogP contribution in [-0.4, -0.2) is 10.9 Å². The standard InChI is InChI=1S/C28H23F2N/c1-17-12-24-22-5-3-2-4-19(22)15-25(24)26(13-17)27-23-7-6-18(14-20(23)9-11-31-27)21-8-10-28(29,30)16-21/h2-7,9,11-14,21H,8,10,15-16H2,1H3. The van der Waals surface area contributed by atoms with E-state index in [1.54, 1.807) is 0 Å². The maximum absolute atomic E-state index is 13.7. The number of pyridine rings is 1. The summed E-state index contributed by atoms with van der Waals surface area (Å²) in [4.78, 5) is 4.79. The van der Waals surface area contributed by atoms with Gasteiger partial charge in [0.05, 0.1) is 5.69 Å². The lowest BCUT2D eigenvalue weighted by Gasteiger charge is -2.15. The Kier molecular flexibility index (Phi) is 4.05. The number of hydrogen-bond donors (Lipinski definition) is 0. The Morgan fingerprint density at radius 1 is 0.935 bits per heavy atom. The summed E-state index contributed by atoms with van der Waals surface area (Å²) in [6.45, 7) is 2.13. The molecule has 1 heterocycles. The van der Waals surface area contributed by atoms with Gasteiger partial charge in [0.2, 0.25) is 5.92 Å². The van der Waals surface area contributed by atoms with Crippen molar-refractivity contribution in [2.45, 2.75) is 44.4 Å². The van der Waals surface area contributed by atoms with E-state index in [-0.39, 0.29) is 18.8 Å². The van der Waals surface area contributed by atoms with Crippen LogP contribution in [0.1, 0.15) is 47.4 Å². The van der Waals surface area contributed by atoms with Crippen molar-refractivity contribution in [3.05, 3.63) is 89.1 Å². The number of aryl methyl sites for hydroxylation is 1. The smallest absolute Gasteiger partial charge is 0.248 e. The maximum atomic E-state index is 13.7. The van der Waals surface area contributed by atoms with Crippen LogP contribution >= 0.6 is 0 Å². The summed E-state index contributed by atoms with van der Waals surface area (Å²) in [7, 11) is 0. The first-order valence-electron chi connectivity index (χ1n) is 11.0. The van der Waals surface area contributed by atoms with Gasteiger partial charge in [0.25, 0.3) is 0 Å². The van der Waals surface area contributed by atoms with Crippen LogP contribution in [0.25, 0.3) is 33.2 Å². The molecule has 3 aromatic carbocycles. The number of nitrogens with zero attached hydrogens (tertiary/aromatic N) is 1. The second-order valence-corrected chi connectivity index (χ2v) is 9.11. The van der Waals surface area contributed by atoms with Gasteiger partial charge in [-0.25, -0.2) is 8.78 Å². The summed E-state index contributed by atoms with van der Waals surface area (Å²) in [5.74, 6) is -2.59. The van der Waals surface area contributed by atoms with Crippen LogP contribution in [0.4, 0.5) is 8.78 Å². The Balaban J connectivity index is 1.48. The van der Waals surface area contributed by atoms with Gasteiger partial charge in [-0.2, -0.15) is 0 Å². The number of halogens is 2. The third-order valence-electron chi connectivity index (χ3n) is 6.99. The minimum absolute atomic E-state index is 0.00666. The van der Waals surface area contributed by atoms with E-state index in [0.717, 1.165) is 28.5 Å². The average molecular weight is 411 g/mol. The quantitative estimate of drug-likeness (QED) is 0.290. The van der Waals surface area contributed by atoms with Crippen LogP contribution in [0, 0.1) is 6.92 Å². The zero-order chi connectivity index (χ0) is 21.2. The second-order valence-electron chi connectivity index (χ2n) is 9.11. The fourth-order valence-corrected chi connectivity index (χ4v) is 5.49. The van der Waals surface area contributed by atoms with Crippen molar-refractivity contribution in [1.29, 1.82) is 0 Å². The van der Waals surface area contributed by atoms with Crippen molar-refractivity contribution in [2.24, 2.45) is 0 Å². The van der Waals surface area contributed by atoms with E-state index in [2.05, 4.69) is 55.5 Å². The van der Waals surface area contributed by atoms with Crippen LogP contribution in [0.2, 0.25) is 0 Å². The van der Waals surface area contributed by atoms with Crippen LogP contribution in [0.5, 0.6) is 0 Å². The molecule has 1 fully saturated rings. The van der Waals surface area contributed by atoms with Crippen LogP contribution in [0.15, 0.2) is 66.9 Å². The van der Waals surface area contributed by atoms with E-state index in [1.807, 2.05) is 18.3 Å².